The highest BCUT2D eigenvalue weighted by molar-refractivity contribution is 9.10. The van der Waals surface area contributed by atoms with Gasteiger partial charge in [0.05, 0.1) is 25.1 Å². The number of nitrogens with one attached hydrogen (secondary N) is 1. The van der Waals surface area contributed by atoms with Gasteiger partial charge in [0.15, 0.2) is 0 Å². The zero-order chi connectivity index (χ0) is 13.8. The lowest BCUT2D eigenvalue weighted by Gasteiger charge is -2.19. The molecule has 1 aromatic heterocycles. The summed E-state index contributed by atoms with van der Waals surface area (Å²) in [5, 5.41) is 5.36. The fourth-order valence-electron chi connectivity index (χ4n) is 2.05. The second-order valence-electron chi connectivity index (χ2n) is 3.96. The SMILES string of the molecule is CNC(c1cc(Br)ccc1OC)c1sccc1OC. The maximum absolute atomic E-state index is 5.46. The van der Waals surface area contributed by atoms with Crippen LogP contribution in [0.2, 0.25) is 0 Å². The van der Waals surface area contributed by atoms with E-state index in [1.165, 1.54) is 0 Å². The van der Waals surface area contributed by atoms with Crippen LogP contribution >= 0.6 is 27.3 Å². The Balaban J connectivity index is 2.50. The van der Waals surface area contributed by atoms with Gasteiger partial charge < -0.3 is 14.8 Å². The number of hydrogen-bond acceptors (Lipinski definition) is 4. The van der Waals surface area contributed by atoms with Crippen molar-refractivity contribution >= 4 is 27.3 Å². The van der Waals surface area contributed by atoms with Crippen LogP contribution in [0.5, 0.6) is 11.5 Å². The highest BCUT2D eigenvalue weighted by atomic mass is 79.9. The molecule has 1 unspecified atom stereocenters. The van der Waals surface area contributed by atoms with Gasteiger partial charge in [0, 0.05) is 10.0 Å². The molecule has 0 aliphatic carbocycles. The Bertz CT molecular complexity index is 556. The first-order chi connectivity index (χ1) is 9.21. The highest BCUT2D eigenvalue weighted by Crippen LogP contribution is 2.38. The lowest BCUT2D eigenvalue weighted by atomic mass is 10.0. The standard InChI is InChI=1S/C14H16BrNO2S/c1-16-13(14-12(18-3)6-7-19-14)10-8-9(15)4-5-11(10)17-2/h4-8,13,16H,1-3H3. The number of ether oxygens (including phenoxy) is 2. The van der Waals surface area contributed by atoms with Gasteiger partial charge in [-0.15, -0.1) is 11.3 Å². The van der Waals surface area contributed by atoms with E-state index < -0.39 is 0 Å². The summed E-state index contributed by atoms with van der Waals surface area (Å²) in [5.41, 5.74) is 1.08. The second-order valence-corrected chi connectivity index (χ2v) is 5.82. The largest absolute Gasteiger partial charge is 0.496 e. The van der Waals surface area contributed by atoms with E-state index in [1.54, 1.807) is 25.6 Å². The molecule has 0 saturated carbocycles. The molecule has 2 aromatic rings. The zero-order valence-corrected chi connectivity index (χ0v) is 13.5. The molecule has 5 heteroatoms. The van der Waals surface area contributed by atoms with Crippen molar-refractivity contribution in [2.45, 2.75) is 6.04 Å². The predicted octanol–water partition coefficient (Wildman–Crippen LogP) is 3.84. The summed E-state index contributed by atoms with van der Waals surface area (Å²) in [5.74, 6) is 1.75. The molecule has 102 valence electrons. The summed E-state index contributed by atoms with van der Waals surface area (Å²) in [4.78, 5) is 1.14. The smallest absolute Gasteiger partial charge is 0.134 e. The van der Waals surface area contributed by atoms with Gasteiger partial charge in [-0.2, -0.15) is 0 Å². The number of rotatable bonds is 5. The van der Waals surface area contributed by atoms with E-state index in [0.717, 1.165) is 26.4 Å². The van der Waals surface area contributed by atoms with E-state index in [9.17, 15) is 0 Å². The zero-order valence-electron chi connectivity index (χ0n) is 11.1. The third-order valence-electron chi connectivity index (χ3n) is 2.93. The molecule has 1 atom stereocenters. The molecule has 0 amide bonds. The number of hydrogen-bond donors (Lipinski definition) is 1. The molecule has 1 aromatic carbocycles. The van der Waals surface area contributed by atoms with E-state index in [1.807, 2.05) is 30.6 Å². The van der Waals surface area contributed by atoms with Crippen molar-refractivity contribution in [3.05, 3.63) is 44.6 Å². The first-order valence-corrected chi connectivity index (χ1v) is 7.50. The van der Waals surface area contributed by atoms with Gasteiger partial charge in [0.1, 0.15) is 11.5 Å². The molecule has 0 bridgehead atoms. The van der Waals surface area contributed by atoms with Gasteiger partial charge in [0.2, 0.25) is 0 Å². The molecule has 1 N–H and O–H groups in total. The highest BCUT2D eigenvalue weighted by Gasteiger charge is 2.21. The van der Waals surface area contributed by atoms with E-state index in [0.29, 0.717) is 0 Å². The Labute approximate surface area is 125 Å². The van der Waals surface area contributed by atoms with Crippen molar-refractivity contribution < 1.29 is 9.47 Å². The minimum atomic E-state index is 0.0439. The van der Waals surface area contributed by atoms with Gasteiger partial charge >= 0.3 is 0 Å². The molecule has 1 heterocycles. The Hall–Kier alpha value is -1.04. The molecular weight excluding hydrogens is 326 g/mol. The molecule has 0 saturated heterocycles. The lowest BCUT2D eigenvalue weighted by molar-refractivity contribution is 0.398. The van der Waals surface area contributed by atoms with Crippen molar-refractivity contribution in [1.29, 1.82) is 0 Å². The molecule has 0 spiro atoms. The van der Waals surface area contributed by atoms with Crippen molar-refractivity contribution in [3.8, 4) is 11.5 Å². The van der Waals surface area contributed by atoms with Crippen LogP contribution in [0.1, 0.15) is 16.5 Å². The van der Waals surface area contributed by atoms with Crippen LogP contribution < -0.4 is 14.8 Å². The van der Waals surface area contributed by atoms with E-state index in [2.05, 4.69) is 27.3 Å². The van der Waals surface area contributed by atoms with Crippen molar-refractivity contribution in [1.82, 2.24) is 5.32 Å². The van der Waals surface area contributed by atoms with Crippen molar-refractivity contribution in [3.63, 3.8) is 0 Å². The Kier molecular flexibility index (Phi) is 4.85. The van der Waals surface area contributed by atoms with Gasteiger partial charge in [0.25, 0.3) is 0 Å². The number of benzene rings is 1. The monoisotopic (exact) mass is 341 g/mol. The van der Waals surface area contributed by atoms with Gasteiger partial charge in [-0.1, -0.05) is 15.9 Å². The molecule has 3 nitrogen and oxygen atoms in total. The van der Waals surface area contributed by atoms with E-state index in [-0.39, 0.29) is 6.04 Å². The fraction of sp³-hybridized carbons (Fsp3) is 0.286. The summed E-state index contributed by atoms with van der Waals surface area (Å²) in [7, 11) is 5.31. The Morgan fingerprint density at radius 3 is 2.53 bits per heavy atom. The maximum atomic E-state index is 5.46. The molecule has 0 radical (unpaired) electrons. The van der Waals surface area contributed by atoms with Crippen LogP contribution in [0.15, 0.2) is 34.1 Å². The van der Waals surface area contributed by atoms with Crippen LogP contribution in [0.25, 0.3) is 0 Å². The number of halogens is 1. The minimum Gasteiger partial charge on any atom is -0.496 e. The summed E-state index contributed by atoms with van der Waals surface area (Å²) in [6.45, 7) is 0. The average Bonchev–Trinajstić information content (AvgIpc) is 2.88. The molecule has 0 aliphatic rings. The number of methoxy groups -OCH3 is 2. The predicted molar refractivity (Wildman–Crippen MR) is 82.5 cm³/mol. The average molecular weight is 342 g/mol. The first-order valence-electron chi connectivity index (χ1n) is 5.83. The fourth-order valence-corrected chi connectivity index (χ4v) is 3.41. The van der Waals surface area contributed by atoms with Crippen LogP contribution in [0.3, 0.4) is 0 Å². The van der Waals surface area contributed by atoms with Crippen molar-refractivity contribution in [2.24, 2.45) is 0 Å². The maximum Gasteiger partial charge on any atom is 0.134 e. The quantitative estimate of drug-likeness (QED) is 0.896. The van der Waals surface area contributed by atoms with E-state index in [4.69, 9.17) is 9.47 Å². The topological polar surface area (TPSA) is 30.5 Å². The summed E-state index contributed by atoms with van der Waals surface area (Å²) in [6, 6.07) is 8.03. The van der Waals surface area contributed by atoms with Gasteiger partial charge in [-0.3, -0.25) is 0 Å². The summed E-state index contributed by atoms with van der Waals surface area (Å²) in [6.07, 6.45) is 0. The van der Waals surface area contributed by atoms with Gasteiger partial charge in [-0.05, 0) is 36.7 Å². The van der Waals surface area contributed by atoms with Crippen LogP contribution in [-0.2, 0) is 0 Å². The minimum absolute atomic E-state index is 0.0439. The molecule has 0 aliphatic heterocycles. The van der Waals surface area contributed by atoms with Gasteiger partial charge in [-0.25, -0.2) is 0 Å². The van der Waals surface area contributed by atoms with Crippen molar-refractivity contribution in [2.75, 3.05) is 21.3 Å². The summed E-state index contributed by atoms with van der Waals surface area (Å²) < 4.78 is 11.9. The van der Waals surface area contributed by atoms with Crippen LogP contribution in [0, 0.1) is 0 Å². The lowest BCUT2D eigenvalue weighted by Crippen LogP contribution is -2.18. The second kappa shape index (κ2) is 6.41. The first kappa shape index (κ1) is 14.4. The Morgan fingerprint density at radius 2 is 1.89 bits per heavy atom. The number of thiophene rings is 1. The Morgan fingerprint density at radius 1 is 1.16 bits per heavy atom. The molecule has 19 heavy (non-hydrogen) atoms. The summed E-state index contributed by atoms with van der Waals surface area (Å²) >= 11 is 5.18. The molecule has 0 fully saturated rings. The third kappa shape index (κ3) is 2.94. The molecular formula is C14H16BrNO2S. The third-order valence-corrected chi connectivity index (χ3v) is 4.39. The van der Waals surface area contributed by atoms with Crippen LogP contribution in [-0.4, -0.2) is 21.3 Å². The van der Waals surface area contributed by atoms with E-state index >= 15 is 0 Å². The van der Waals surface area contributed by atoms with Crippen LogP contribution in [0.4, 0.5) is 0 Å². The normalized spacial score (nSPS) is 12.2. The molecule has 2 rings (SSSR count).